The average molecular weight is 242 g/mol. The van der Waals surface area contributed by atoms with E-state index in [1.54, 1.807) is 0 Å². The molecule has 1 N–H and O–H groups in total. The van der Waals surface area contributed by atoms with Crippen LogP contribution >= 0.6 is 11.6 Å². The van der Waals surface area contributed by atoms with Crippen molar-refractivity contribution in [3.8, 4) is 0 Å². The van der Waals surface area contributed by atoms with E-state index in [1.165, 1.54) is 16.5 Å². The van der Waals surface area contributed by atoms with Crippen molar-refractivity contribution in [2.45, 2.75) is 6.42 Å². The van der Waals surface area contributed by atoms with Gasteiger partial charge in [-0.15, -0.1) is 0 Å². The number of aromatic nitrogens is 1. The lowest BCUT2D eigenvalue weighted by Crippen LogP contribution is -1.86. The van der Waals surface area contributed by atoms with Crippen LogP contribution in [-0.4, -0.2) is 4.98 Å². The number of fused-ring (bicyclic) bond motifs is 1. The average Bonchev–Trinajstić information content (AvgIpc) is 2.68. The molecule has 3 rings (SSSR count). The molecule has 0 spiro atoms. The van der Waals surface area contributed by atoms with E-state index in [0.717, 1.165) is 17.1 Å². The van der Waals surface area contributed by atoms with Crippen LogP contribution in [0.2, 0.25) is 5.15 Å². The van der Waals surface area contributed by atoms with Gasteiger partial charge in [-0.05, 0) is 11.6 Å². The maximum absolute atomic E-state index is 6.26. The normalized spacial score (nSPS) is 10.9. The third-order valence-corrected chi connectivity index (χ3v) is 3.31. The van der Waals surface area contributed by atoms with Crippen LogP contribution in [0.3, 0.4) is 0 Å². The second-order valence-electron chi connectivity index (χ2n) is 4.13. The highest BCUT2D eigenvalue weighted by molar-refractivity contribution is 6.31. The molecule has 0 atom stereocenters. The molecule has 0 aliphatic heterocycles. The molecule has 0 fully saturated rings. The van der Waals surface area contributed by atoms with Crippen LogP contribution in [0.15, 0.2) is 54.6 Å². The van der Waals surface area contributed by atoms with E-state index in [0.29, 0.717) is 0 Å². The number of benzene rings is 2. The topological polar surface area (TPSA) is 15.8 Å². The summed E-state index contributed by atoms with van der Waals surface area (Å²) in [5.41, 5.74) is 3.55. The fourth-order valence-corrected chi connectivity index (χ4v) is 2.41. The lowest BCUT2D eigenvalue weighted by molar-refractivity contribution is 1.21. The Bertz CT molecular complexity index is 640. The first kappa shape index (κ1) is 10.4. The molecule has 0 amide bonds. The van der Waals surface area contributed by atoms with E-state index in [-0.39, 0.29) is 0 Å². The van der Waals surface area contributed by atoms with Crippen molar-refractivity contribution in [2.75, 3.05) is 0 Å². The first-order chi connectivity index (χ1) is 8.34. The highest BCUT2D eigenvalue weighted by Crippen LogP contribution is 2.28. The molecule has 2 heteroatoms. The van der Waals surface area contributed by atoms with E-state index in [1.807, 2.05) is 18.2 Å². The monoisotopic (exact) mass is 241 g/mol. The predicted molar refractivity (Wildman–Crippen MR) is 72.6 cm³/mol. The summed E-state index contributed by atoms with van der Waals surface area (Å²) in [6.07, 6.45) is 0.865. The van der Waals surface area contributed by atoms with E-state index < -0.39 is 0 Å². The van der Waals surface area contributed by atoms with Gasteiger partial charge in [0.2, 0.25) is 0 Å². The van der Waals surface area contributed by atoms with E-state index in [2.05, 4.69) is 41.4 Å². The highest BCUT2D eigenvalue weighted by Gasteiger charge is 2.09. The summed E-state index contributed by atoms with van der Waals surface area (Å²) in [6, 6.07) is 18.6. The van der Waals surface area contributed by atoms with Gasteiger partial charge in [0.25, 0.3) is 0 Å². The molecular formula is C15H12ClN. The van der Waals surface area contributed by atoms with E-state index >= 15 is 0 Å². The molecule has 0 bridgehead atoms. The summed E-state index contributed by atoms with van der Waals surface area (Å²) in [5.74, 6) is 0. The third kappa shape index (κ3) is 1.94. The molecule has 1 heterocycles. The Kier molecular flexibility index (Phi) is 2.62. The molecule has 84 valence electrons. The van der Waals surface area contributed by atoms with Gasteiger partial charge in [-0.3, -0.25) is 0 Å². The SMILES string of the molecule is Clc1[nH]c2ccccc2c1Cc1ccccc1. The Morgan fingerprint density at radius 3 is 2.41 bits per heavy atom. The molecule has 0 aliphatic carbocycles. The summed E-state index contributed by atoms with van der Waals surface area (Å²) in [6.45, 7) is 0. The summed E-state index contributed by atoms with van der Waals surface area (Å²) in [7, 11) is 0. The van der Waals surface area contributed by atoms with Gasteiger partial charge in [0, 0.05) is 22.9 Å². The number of hydrogen-bond acceptors (Lipinski definition) is 0. The molecule has 17 heavy (non-hydrogen) atoms. The smallest absolute Gasteiger partial charge is 0.110 e. The van der Waals surface area contributed by atoms with Crippen molar-refractivity contribution in [1.82, 2.24) is 4.98 Å². The fourth-order valence-electron chi connectivity index (χ4n) is 2.14. The van der Waals surface area contributed by atoms with Gasteiger partial charge in [-0.25, -0.2) is 0 Å². The molecule has 0 radical (unpaired) electrons. The second kappa shape index (κ2) is 4.27. The molecule has 0 aliphatic rings. The van der Waals surface area contributed by atoms with Gasteiger partial charge < -0.3 is 4.98 Å². The Hall–Kier alpha value is -1.73. The minimum Gasteiger partial charge on any atom is -0.345 e. The Labute approximate surface area is 105 Å². The Morgan fingerprint density at radius 2 is 1.59 bits per heavy atom. The van der Waals surface area contributed by atoms with E-state index in [9.17, 15) is 0 Å². The largest absolute Gasteiger partial charge is 0.345 e. The molecule has 1 nitrogen and oxygen atoms in total. The molecule has 3 aromatic rings. The van der Waals surface area contributed by atoms with Crippen LogP contribution in [0.4, 0.5) is 0 Å². The standard InChI is InChI=1S/C15H12ClN/c16-15-13(10-11-6-2-1-3-7-11)12-8-4-5-9-14(12)17-15/h1-9,17H,10H2. The highest BCUT2D eigenvalue weighted by atomic mass is 35.5. The van der Waals surface area contributed by atoms with Gasteiger partial charge >= 0.3 is 0 Å². The zero-order chi connectivity index (χ0) is 11.7. The quantitative estimate of drug-likeness (QED) is 0.684. The van der Waals surface area contributed by atoms with Crippen LogP contribution in [0.5, 0.6) is 0 Å². The Balaban J connectivity index is 2.08. The minimum absolute atomic E-state index is 0.745. The number of nitrogens with one attached hydrogen (secondary N) is 1. The number of halogens is 1. The number of aromatic amines is 1. The molecule has 0 unspecified atom stereocenters. The van der Waals surface area contributed by atoms with E-state index in [4.69, 9.17) is 11.6 Å². The fraction of sp³-hybridized carbons (Fsp3) is 0.0667. The summed E-state index contributed by atoms with van der Waals surface area (Å²) in [5, 5.41) is 1.96. The van der Waals surface area contributed by atoms with Crippen molar-refractivity contribution in [2.24, 2.45) is 0 Å². The number of para-hydroxylation sites is 1. The molecule has 0 saturated heterocycles. The summed E-state index contributed by atoms with van der Waals surface area (Å²) >= 11 is 6.26. The van der Waals surface area contributed by atoms with Crippen LogP contribution in [0, 0.1) is 0 Å². The number of hydrogen-bond donors (Lipinski definition) is 1. The van der Waals surface area contributed by atoms with Crippen molar-refractivity contribution in [3.63, 3.8) is 0 Å². The van der Waals surface area contributed by atoms with Gasteiger partial charge in [0.1, 0.15) is 5.15 Å². The molecule has 2 aromatic carbocycles. The zero-order valence-corrected chi connectivity index (χ0v) is 10.0. The first-order valence-electron chi connectivity index (χ1n) is 5.63. The van der Waals surface area contributed by atoms with Gasteiger partial charge in [-0.2, -0.15) is 0 Å². The minimum atomic E-state index is 0.745. The maximum Gasteiger partial charge on any atom is 0.110 e. The Morgan fingerprint density at radius 1 is 0.882 bits per heavy atom. The zero-order valence-electron chi connectivity index (χ0n) is 9.28. The first-order valence-corrected chi connectivity index (χ1v) is 6.01. The van der Waals surface area contributed by atoms with Gasteiger partial charge in [0.15, 0.2) is 0 Å². The van der Waals surface area contributed by atoms with Crippen molar-refractivity contribution >= 4 is 22.5 Å². The van der Waals surface area contributed by atoms with Crippen molar-refractivity contribution < 1.29 is 0 Å². The second-order valence-corrected chi connectivity index (χ2v) is 4.50. The third-order valence-electron chi connectivity index (χ3n) is 2.99. The lowest BCUT2D eigenvalue weighted by atomic mass is 10.0. The van der Waals surface area contributed by atoms with Crippen LogP contribution < -0.4 is 0 Å². The van der Waals surface area contributed by atoms with Crippen LogP contribution in [-0.2, 0) is 6.42 Å². The summed E-state index contributed by atoms with van der Waals surface area (Å²) in [4.78, 5) is 3.21. The van der Waals surface area contributed by atoms with Crippen molar-refractivity contribution in [3.05, 3.63) is 70.9 Å². The molecular weight excluding hydrogens is 230 g/mol. The maximum atomic E-state index is 6.26. The van der Waals surface area contributed by atoms with Crippen molar-refractivity contribution in [1.29, 1.82) is 0 Å². The molecule has 0 saturated carbocycles. The van der Waals surface area contributed by atoms with Crippen LogP contribution in [0.1, 0.15) is 11.1 Å². The lowest BCUT2D eigenvalue weighted by Gasteiger charge is -2.00. The van der Waals surface area contributed by atoms with Gasteiger partial charge in [0.05, 0.1) is 0 Å². The molecule has 1 aromatic heterocycles. The summed E-state index contributed by atoms with van der Waals surface area (Å²) < 4.78 is 0. The predicted octanol–water partition coefficient (Wildman–Crippen LogP) is 4.41. The number of rotatable bonds is 2. The van der Waals surface area contributed by atoms with Crippen LogP contribution in [0.25, 0.3) is 10.9 Å². The van der Waals surface area contributed by atoms with Gasteiger partial charge in [-0.1, -0.05) is 60.1 Å². The number of H-pyrrole nitrogens is 1.